The molecule has 1 aromatic heterocycles. The molecule has 1 saturated heterocycles. The first-order chi connectivity index (χ1) is 15.1. The predicted molar refractivity (Wildman–Crippen MR) is 125 cm³/mol. The lowest BCUT2D eigenvalue weighted by Crippen LogP contribution is -2.31. The number of benzene rings is 1. The minimum absolute atomic E-state index is 0.0664. The molecule has 2 heterocycles. The molecule has 1 atom stereocenters. The first-order valence-electron chi connectivity index (χ1n) is 10.7. The first kappa shape index (κ1) is 23.2. The Balaban J connectivity index is 1.92. The molecule has 0 unspecified atom stereocenters. The van der Waals surface area contributed by atoms with Gasteiger partial charge in [0.2, 0.25) is 17.8 Å². The first-order valence-corrected chi connectivity index (χ1v) is 10.7. The molecule has 0 aliphatic carbocycles. The SMILES string of the molecule is Cc1ccc(C(=O)NC#N)cc1Nc1nc(N[C@H]2CCNC2)nc(N(C)CC(C)(C)C)n1. The van der Waals surface area contributed by atoms with E-state index in [4.69, 9.17) is 5.26 Å². The van der Waals surface area contributed by atoms with Crippen molar-refractivity contribution in [3.8, 4) is 6.19 Å². The van der Waals surface area contributed by atoms with Crippen molar-refractivity contribution in [2.75, 3.05) is 42.2 Å². The minimum atomic E-state index is -0.465. The summed E-state index contributed by atoms with van der Waals surface area (Å²) in [6.45, 7) is 11.0. The van der Waals surface area contributed by atoms with Gasteiger partial charge in [-0.25, -0.2) is 0 Å². The third-order valence-corrected chi connectivity index (χ3v) is 4.99. The maximum absolute atomic E-state index is 12.1. The Kier molecular flexibility index (Phi) is 7.10. The largest absolute Gasteiger partial charge is 0.350 e. The smallest absolute Gasteiger partial charge is 0.264 e. The van der Waals surface area contributed by atoms with Crippen LogP contribution in [-0.2, 0) is 0 Å². The van der Waals surface area contributed by atoms with Crippen LogP contribution in [0.4, 0.5) is 23.5 Å². The second kappa shape index (κ2) is 9.78. The molecule has 1 fully saturated rings. The van der Waals surface area contributed by atoms with E-state index in [2.05, 4.69) is 57.0 Å². The van der Waals surface area contributed by atoms with E-state index in [1.54, 1.807) is 18.3 Å². The van der Waals surface area contributed by atoms with Crippen molar-refractivity contribution in [1.82, 2.24) is 25.6 Å². The summed E-state index contributed by atoms with van der Waals surface area (Å²) in [4.78, 5) is 27.9. The molecular formula is C22H31N9O. The fourth-order valence-corrected chi connectivity index (χ4v) is 3.54. The highest BCUT2D eigenvalue weighted by Gasteiger charge is 2.20. The molecule has 0 bridgehead atoms. The van der Waals surface area contributed by atoms with E-state index >= 15 is 0 Å². The number of hydrogen-bond donors (Lipinski definition) is 4. The Hall–Kier alpha value is -3.45. The summed E-state index contributed by atoms with van der Waals surface area (Å²) in [6, 6.07) is 5.42. The number of carbonyl (C=O) groups is 1. The second-order valence-electron chi connectivity index (χ2n) is 9.25. The molecule has 1 aliphatic rings. The van der Waals surface area contributed by atoms with Gasteiger partial charge in [0.05, 0.1) is 0 Å². The average molecular weight is 438 g/mol. The molecule has 4 N–H and O–H groups in total. The summed E-state index contributed by atoms with van der Waals surface area (Å²) in [6.07, 6.45) is 2.65. The van der Waals surface area contributed by atoms with Gasteiger partial charge < -0.3 is 20.9 Å². The van der Waals surface area contributed by atoms with Gasteiger partial charge in [-0.15, -0.1) is 0 Å². The van der Waals surface area contributed by atoms with Gasteiger partial charge in [-0.3, -0.25) is 10.1 Å². The molecular weight excluding hydrogens is 406 g/mol. The van der Waals surface area contributed by atoms with Crippen molar-refractivity contribution in [3.05, 3.63) is 29.3 Å². The van der Waals surface area contributed by atoms with E-state index in [0.29, 0.717) is 29.1 Å². The summed E-state index contributed by atoms with van der Waals surface area (Å²) in [5, 5.41) is 20.8. The van der Waals surface area contributed by atoms with Gasteiger partial charge in [0.15, 0.2) is 6.19 Å². The van der Waals surface area contributed by atoms with Crippen molar-refractivity contribution < 1.29 is 4.79 Å². The number of amides is 1. The van der Waals surface area contributed by atoms with E-state index in [1.165, 1.54) is 0 Å². The molecule has 0 spiro atoms. The Bertz CT molecular complexity index is 1000. The van der Waals surface area contributed by atoms with Gasteiger partial charge in [0.25, 0.3) is 5.91 Å². The molecule has 1 aliphatic heterocycles. The Morgan fingerprint density at radius 3 is 2.69 bits per heavy atom. The van der Waals surface area contributed by atoms with Gasteiger partial charge >= 0.3 is 0 Å². The van der Waals surface area contributed by atoms with Crippen LogP contribution in [0, 0.1) is 23.8 Å². The number of aryl methyl sites for hydroxylation is 1. The van der Waals surface area contributed by atoms with Crippen LogP contribution in [0.3, 0.4) is 0 Å². The van der Waals surface area contributed by atoms with Crippen LogP contribution in [0.2, 0.25) is 0 Å². The maximum Gasteiger partial charge on any atom is 0.264 e. The number of hydrogen-bond acceptors (Lipinski definition) is 9. The lowest BCUT2D eigenvalue weighted by atomic mass is 9.96. The van der Waals surface area contributed by atoms with E-state index in [0.717, 1.165) is 31.6 Å². The Morgan fingerprint density at radius 2 is 2.03 bits per heavy atom. The number of nitrogens with one attached hydrogen (secondary N) is 4. The van der Waals surface area contributed by atoms with E-state index in [9.17, 15) is 4.79 Å². The fourth-order valence-electron chi connectivity index (χ4n) is 3.54. The highest BCUT2D eigenvalue weighted by Crippen LogP contribution is 2.24. The van der Waals surface area contributed by atoms with Crippen LogP contribution in [0.5, 0.6) is 0 Å². The minimum Gasteiger partial charge on any atom is -0.350 e. The zero-order valence-electron chi connectivity index (χ0n) is 19.3. The molecule has 170 valence electrons. The van der Waals surface area contributed by atoms with Gasteiger partial charge in [-0.05, 0) is 43.0 Å². The molecule has 10 heteroatoms. The number of rotatable bonds is 7. The molecule has 2 aromatic rings. The summed E-state index contributed by atoms with van der Waals surface area (Å²) >= 11 is 0. The summed E-state index contributed by atoms with van der Waals surface area (Å²) in [7, 11) is 1.96. The van der Waals surface area contributed by atoms with Gasteiger partial charge in [0.1, 0.15) is 0 Å². The van der Waals surface area contributed by atoms with E-state index in [-0.39, 0.29) is 11.5 Å². The summed E-state index contributed by atoms with van der Waals surface area (Å²) < 4.78 is 0. The molecule has 1 amide bonds. The van der Waals surface area contributed by atoms with Crippen molar-refractivity contribution >= 4 is 29.4 Å². The monoisotopic (exact) mass is 437 g/mol. The standard InChI is InChI=1S/C22H31N9O/c1-14-6-7-15(18(32)25-13-23)10-17(14)27-20-28-19(26-16-8-9-24-11-16)29-21(30-20)31(5)12-22(2,3)4/h6-7,10,16,24H,8-9,11-12H2,1-5H3,(H,25,32)(H2,26,27,28,29,30)/t16-/m0/s1. The lowest BCUT2D eigenvalue weighted by Gasteiger charge is -2.27. The fraction of sp³-hybridized carbons (Fsp3) is 0.500. The average Bonchev–Trinajstić information content (AvgIpc) is 3.21. The van der Waals surface area contributed by atoms with Crippen LogP contribution in [0.1, 0.15) is 43.1 Å². The number of anilines is 4. The molecule has 10 nitrogen and oxygen atoms in total. The van der Waals surface area contributed by atoms with Crippen LogP contribution in [0.25, 0.3) is 0 Å². The van der Waals surface area contributed by atoms with Crippen LogP contribution in [-0.4, -0.2) is 53.6 Å². The highest BCUT2D eigenvalue weighted by atomic mass is 16.1. The summed E-state index contributed by atoms with van der Waals surface area (Å²) in [5.74, 6) is 0.975. The molecule has 1 aromatic carbocycles. The quantitative estimate of drug-likeness (QED) is 0.381. The van der Waals surface area contributed by atoms with Crippen molar-refractivity contribution in [2.45, 2.75) is 40.2 Å². The molecule has 32 heavy (non-hydrogen) atoms. The second-order valence-corrected chi connectivity index (χ2v) is 9.25. The highest BCUT2D eigenvalue weighted by molar-refractivity contribution is 5.96. The zero-order valence-corrected chi connectivity index (χ0v) is 19.3. The van der Waals surface area contributed by atoms with Gasteiger partial charge in [0, 0.05) is 37.4 Å². The van der Waals surface area contributed by atoms with Gasteiger partial charge in [-0.2, -0.15) is 20.2 Å². The number of aromatic nitrogens is 3. The van der Waals surface area contributed by atoms with Crippen LogP contribution in [0.15, 0.2) is 18.2 Å². The molecule has 0 radical (unpaired) electrons. The topological polar surface area (TPSA) is 131 Å². The van der Waals surface area contributed by atoms with Crippen LogP contribution >= 0.6 is 0 Å². The predicted octanol–water partition coefficient (Wildman–Crippen LogP) is 2.39. The molecule has 3 rings (SSSR count). The van der Waals surface area contributed by atoms with Crippen molar-refractivity contribution in [2.24, 2.45) is 5.41 Å². The normalized spacial score (nSPS) is 15.7. The van der Waals surface area contributed by atoms with Crippen LogP contribution < -0.4 is 26.2 Å². The number of carbonyl (C=O) groups excluding carboxylic acids is 1. The lowest BCUT2D eigenvalue weighted by molar-refractivity contribution is 0.0973. The third kappa shape index (κ3) is 6.28. The van der Waals surface area contributed by atoms with E-state index in [1.807, 2.05) is 24.9 Å². The summed E-state index contributed by atoms with van der Waals surface area (Å²) in [5.41, 5.74) is 2.03. The maximum atomic E-state index is 12.1. The van der Waals surface area contributed by atoms with Gasteiger partial charge in [-0.1, -0.05) is 26.8 Å². The van der Waals surface area contributed by atoms with Crippen molar-refractivity contribution in [1.29, 1.82) is 5.26 Å². The zero-order chi connectivity index (χ0) is 23.3. The molecule has 0 saturated carbocycles. The number of nitrogens with zero attached hydrogens (tertiary/aromatic N) is 5. The number of nitriles is 1. The van der Waals surface area contributed by atoms with Crippen molar-refractivity contribution in [3.63, 3.8) is 0 Å². The Labute approximate surface area is 188 Å². The Morgan fingerprint density at radius 1 is 1.28 bits per heavy atom. The third-order valence-electron chi connectivity index (χ3n) is 4.99. The van der Waals surface area contributed by atoms with E-state index < -0.39 is 5.91 Å².